The Kier molecular flexibility index (Phi) is 8.09. The molecular formula is C35H36N2O5S2. The van der Waals surface area contributed by atoms with E-state index in [1.807, 2.05) is 75.4 Å². The number of rotatable bonds is 6. The van der Waals surface area contributed by atoms with Crippen LogP contribution in [0.4, 0.5) is 0 Å². The highest BCUT2D eigenvalue weighted by Gasteiger charge is 2.54. The second kappa shape index (κ2) is 11.7. The molecule has 0 N–H and O–H groups in total. The van der Waals surface area contributed by atoms with Crippen LogP contribution in [0.1, 0.15) is 52.7 Å². The Bertz CT molecular complexity index is 1890. The molecule has 6 rings (SSSR count). The Hall–Kier alpha value is -3.63. The van der Waals surface area contributed by atoms with Gasteiger partial charge < -0.3 is 0 Å². The molecule has 2 heterocycles. The number of hydrogen-bond acceptors (Lipinski definition) is 5. The van der Waals surface area contributed by atoms with Crippen LogP contribution >= 0.6 is 0 Å². The first kappa shape index (κ1) is 30.4. The number of sulfonamides is 2. The van der Waals surface area contributed by atoms with Gasteiger partial charge in [-0.25, -0.2) is 16.8 Å². The van der Waals surface area contributed by atoms with Crippen molar-refractivity contribution in [3.63, 3.8) is 0 Å². The first-order valence-electron chi connectivity index (χ1n) is 14.8. The topological polar surface area (TPSA) is 91.8 Å². The summed E-state index contributed by atoms with van der Waals surface area (Å²) in [4.78, 5) is 14.3. The molecule has 44 heavy (non-hydrogen) atoms. The van der Waals surface area contributed by atoms with E-state index < -0.39 is 44.1 Å². The van der Waals surface area contributed by atoms with Crippen molar-refractivity contribution < 1.29 is 21.6 Å². The molecular weight excluding hydrogens is 593 g/mol. The summed E-state index contributed by atoms with van der Waals surface area (Å²) in [5.74, 6) is -0.955. The van der Waals surface area contributed by atoms with Crippen molar-refractivity contribution >= 4 is 25.8 Å². The third-order valence-corrected chi connectivity index (χ3v) is 12.8. The number of Topliss-reactive ketones (excluding diaryl/α,β-unsaturated/α-hetero) is 1. The van der Waals surface area contributed by atoms with Crippen LogP contribution in [0.3, 0.4) is 0 Å². The maximum Gasteiger partial charge on any atom is 0.243 e. The van der Waals surface area contributed by atoms with Gasteiger partial charge in [0.05, 0.1) is 21.9 Å². The van der Waals surface area contributed by atoms with E-state index in [9.17, 15) is 21.6 Å². The average Bonchev–Trinajstić information content (AvgIpc) is 3.01. The molecule has 2 aliphatic heterocycles. The minimum absolute atomic E-state index is 0.0376. The summed E-state index contributed by atoms with van der Waals surface area (Å²) in [6, 6.07) is 28.2. The smallest absolute Gasteiger partial charge is 0.243 e. The standard InChI is InChI=1S/C35H36N2O5S2/c1-24-12-16-29(17-13-24)43(39,40)36-23-31-34(21-32(36)27-9-5-4-6-10-27)37(44(41,42)30-18-14-25(2)15-19-30)33(22-35(31)38)28-11-7-8-26(3)20-28/h4-20,31-34H,21-23H2,1-3H3/t31-,32+,33+,34+/m1/s1. The Balaban J connectivity index is 1.50. The van der Waals surface area contributed by atoms with Crippen LogP contribution in [-0.2, 0) is 24.8 Å². The van der Waals surface area contributed by atoms with Crippen molar-refractivity contribution in [3.8, 4) is 0 Å². The van der Waals surface area contributed by atoms with Crippen LogP contribution < -0.4 is 0 Å². The quantitative estimate of drug-likeness (QED) is 0.256. The van der Waals surface area contributed by atoms with Gasteiger partial charge in [0.1, 0.15) is 5.78 Å². The molecule has 4 aromatic rings. The molecule has 228 valence electrons. The number of nitrogens with zero attached hydrogens (tertiary/aromatic N) is 2. The van der Waals surface area contributed by atoms with Crippen LogP contribution in [0.5, 0.6) is 0 Å². The SMILES string of the molecule is Cc1ccc(S(=O)(=O)N2C[C@H]3C(=O)C[C@@H](c4cccc(C)c4)N(S(=O)(=O)c4ccc(C)cc4)[C@H]3C[C@H]2c2ccccc2)cc1. The molecule has 0 saturated carbocycles. The Morgan fingerprint density at radius 2 is 1.18 bits per heavy atom. The van der Waals surface area contributed by atoms with Crippen LogP contribution in [-0.4, -0.2) is 43.8 Å². The van der Waals surface area contributed by atoms with Crippen molar-refractivity contribution in [1.29, 1.82) is 0 Å². The fraction of sp³-hybridized carbons (Fsp3) is 0.286. The molecule has 0 spiro atoms. The van der Waals surface area contributed by atoms with Crippen molar-refractivity contribution in [2.24, 2.45) is 5.92 Å². The summed E-state index contributed by atoms with van der Waals surface area (Å²) in [6.45, 7) is 5.62. The summed E-state index contributed by atoms with van der Waals surface area (Å²) in [6.07, 6.45) is 0.100. The van der Waals surface area contributed by atoms with E-state index in [2.05, 4.69) is 0 Å². The zero-order valence-corrected chi connectivity index (χ0v) is 26.6. The molecule has 0 amide bonds. The number of aryl methyl sites for hydroxylation is 3. The van der Waals surface area contributed by atoms with Gasteiger partial charge in [-0.05, 0) is 62.6 Å². The van der Waals surface area contributed by atoms with Crippen LogP contribution in [0, 0.1) is 26.7 Å². The molecule has 2 saturated heterocycles. The van der Waals surface area contributed by atoms with Crippen molar-refractivity contribution in [2.75, 3.05) is 6.54 Å². The minimum Gasteiger partial charge on any atom is -0.299 e. The van der Waals surface area contributed by atoms with Crippen molar-refractivity contribution in [3.05, 3.63) is 131 Å². The Labute approximate surface area is 260 Å². The number of carbonyl (C=O) groups excluding carboxylic acids is 1. The highest BCUT2D eigenvalue weighted by Crippen LogP contribution is 2.48. The van der Waals surface area contributed by atoms with Gasteiger partial charge in [-0.1, -0.05) is 95.6 Å². The molecule has 0 radical (unpaired) electrons. The van der Waals surface area contributed by atoms with Gasteiger partial charge >= 0.3 is 0 Å². The molecule has 0 aliphatic carbocycles. The maximum absolute atomic E-state index is 14.6. The van der Waals surface area contributed by atoms with Gasteiger partial charge in [-0.15, -0.1) is 0 Å². The molecule has 2 fully saturated rings. The van der Waals surface area contributed by atoms with E-state index in [0.29, 0.717) is 0 Å². The van der Waals surface area contributed by atoms with Crippen molar-refractivity contribution in [2.45, 2.75) is 61.5 Å². The second-order valence-electron chi connectivity index (χ2n) is 12.0. The lowest BCUT2D eigenvalue weighted by atomic mass is 9.77. The first-order chi connectivity index (χ1) is 21.0. The first-order valence-corrected chi connectivity index (χ1v) is 17.7. The largest absolute Gasteiger partial charge is 0.299 e. The molecule has 4 atom stereocenters. The third kappa shape index (κ3) is 5.54. The van der Waals surface area contributed by atoms with Gasteiger partial charge in [-0.2, -0.15) is 8.61 Å². The van der Waals surface area contributed by atoms with Crippen molar-refractivity contribution in [1.82, 2.24) is 8.61 Å². The fourth-order valence-electron chi connectivity index (χ4n) is 6.62. The van der Waals surface area contributed by atoms with Gasteiger partial charge in [0, 0.05) is 24.9 Å². The van der Waals surface area contributed by atoms with Gasteiger partial charge in [0.15, 0.2) is 0 Å². The summed E-state index contributed by atoms with van der Waals surface area (Å²) in [5.41, 5.74) is 4.33. The highest BCUT2D eigenvalue weighted by atomic mass is 32.2. The molecule has 0 aromatic heterocycles. The number of benzene rings is 4. The van der Waals surface area contributed by atoms with Gasteiger partial charge in [0.2, 0.25) is 20.0 Å². The normalized spacial score (nSPS) is 23.3. The molecule has 7 nitrogen and oxygen atoms in total. The molecule has 0 bridgehead atoms. The summed E-state index contributed by atoms with van der Waals surface area (Å²) in [7, 11) is -8.10. The van der Waals surface area contributed by atoms with Crippen LogP contribution in [0.2, 0.25) is 0 Å². The van der Waals surface area contributed by atoms with E-state index in [4.69, 9.17) is 0 Å². The van der Waals surface area contributed by atoms with Crippen LogP contribution in [0.25, 0.3) is 0 Å². The Morgan fingerprint density at radius 3 is 1.77 bits per heavy atom. The summed E-state index contributed by atoms with van der Waals surface area (Å²) < 4.78 is 60.5. The summed E-state index contributed by atoms with van der Waals surface area (Å²) in [5, 5.41) is 0. The van der Waals surface area contributed by atoms with Gasteiger partial charge in [-0.3, -0.25) is 4.79 Å². The van der Waals surface area contributed by atoms with E-state index in [1.165, 1.54) is 8.61 Å². The number of ketones is 1. The third-order valence-electron chi connectivity index (χ3n) is 8.93. The lowest BCUT2D eigenvalue weighted by Crippen LogP contribution is -2.60. The maximum atomic E-state index is 14.6. The average molecular weight is 629 g/mol. The molecule has 4 aromatic carbocycles. The monoisotopic (exact) mass is 628 g/mol. The fourth-order valence-corrected chi connectivity index (χ4v) is 10.1. The predicted octanol–water partition coefficient (Wildman–Crippen LogP) is 6.14. The number of fused-ring (bicyclic) bond motifs is 1. The zero-order chi connectivity index (χ0) is 31.2. The number of piperidine rings is 2. The lowest BCUT2D eigenvalue weighted by molar-refractivity contribution is -0.132. The van der Waals surface area contributed by atoms with E-state index in [1.54, 1.807) is 48.5 Å². The predicted molar refractivity (Wildman–Crippen MR) is 170 cm³/mol. The minimum atomic E-state index is -4.09. The summed E-state index contributed by atoms with van der Waals surface area (Å²) >= 11 is 0. The molecule has 2 aliphatic rings. The Morgan fingerprint density at radius 1 is 0.614 bits per heavy atom. The lowest BCUT2D eigenvalue weighted by Gasteiger charge is -2.51. The van der Waals surface area contributed by atoms with E-state index in [0.717, 1.165) is 27.8 Å². The number of hydrogen-bond donors (Lipinski definition) is 0. The second-order valence-corrected chi connectivity index (χ2v) is 15.7. The molecule has 0 unspecified atom stereocenters. The highest BCUT2D eigenvalue weighted by molar-refractivity contribution is 7.89. The van der Waals surface area contributed by atoms with E-state index in [-0.39, 0.29) is 35.0 Å². The van der Waals surface area contributed by atoms with Gasteiger partial charge in [0.25, 0.3) is 0 Å². The zero-order valence-electron chi connectivity index (χ0n) is 25.0. The van der Waals surface area contributed by atoms with Crippen LogP contribution in [0.15, 0.2) is 113 Å². The van der Waals surface area contributed by atoms with E-state index >= 15 is 0 Å². The molecule has 9 heteroatoms. The number of carbonyl (C=O) groups is 1.